The summed E-state index contributed by atoms with van der Waals surface area (Å²) in [7, 11) is -3.32. The summed E-state index contributed by atoms with van der Waals surface area (Å²) in [6, 6.07) is 5.83. The summed E-state index contributed by atoms with van der Waals surface area (Å²) < 4.78 is 37.5. The zero-order chi connectivity index (χ0) is 15.2. The van der Waals surface area contributed by atoms with E-state index in [4.69, 9.17) is 0 Å². The Labute approximate surface area is 118 Å². The van der Waals surface area contributed by atoms with Crippen LogP contribution in [0.3, 0.4) is 0 Å². The van der Waals surface area contributed by atoms with E-state index >= 15 is 0 Å². The van der Waals surface area contributed by atoms with E-state index in [-0.39, 0.29) is 18.7 Å². The fourth-order valence-electron chi connectivity index (χ4n) is 1.69. The van der Waals surface area contributed by atoms with E-state index < -0.39 is 21.7 Å². The summed E-state index contributed by atoms with van der Waals surface area (Å²) in [5.41, 5.74) is 0.0962. The maximum absolute atomic E-state index is 13.3. The molecule has 7 heteroatoms. The summed E-state index contributed by atoms with van der Waals surface area (Å²) in [5.74, 6) is -0.936. The van der Waals surface area contributed by atoms with Crippen LogP contribution in [-0.2, 0) is 14.8 Å². The van der Waals surface area contributed by atoms with Crippen molar-refractivity contribution in [1.82, 2.24) is 4.31 Å². The molecule has 0 bridgehead atoms. The highest BCUT2D eigenvalue weighted by atomic mass is 32.2. The van der Waals surface area contributed by atoms with Gasteiger partial charge >= 0.3 is 0 Å². The van der Waals surface area contributed by atoms with Crippen molar-refractivity contribution < 1.29 is 17.6 Å². The number of hydrogen-bond acceptors (Lipinski definition) is 3. The molecule has 1 rings (SSSR count). The van der Waals surface area contributed by atoms with Gasteiger partial charge in [0.2, 0.25) is 15.9 Å². The quantitative estimate of drug-likeness (QED) is 0.835. The fraction of sp³-hybridized carbons (Fsp3) is 0.462. The van der Waals surface area contributed by atoms with Crippen LogP contribution < -0.4 is 5.32 Å². The summed E-state index contributed by atoms with van der Waals surface area (Å²) in [4.78, 5) is 11.7. The first-order valence-corrected chi connectivity index (χ1v) is 8.19. The Morgan fingerprint density at radius 2 is 1.95 bits per heavy atom. The van der Waals surface area contributed by atoms with Crippen LogP contribution in [0, 0.1) is 5.82 Å². The third-order valence-electron chi connectivity index (χ3n) is 2.68. The molecule has 0 spiro atoms. The van der Waals surface area contributed by atoms with Crippen molar-refractivity contribution in [2.45, 2.75) is 19.8 Å². The van der Waals surface area contributed by atoms with Crippen LogP contribution in [0.5, 0.6) is 0 Å². The van der Waals surface area contributed by atoms with Gasteiger partial charge in [-0.15, -0.1) is 0 Å². The Balaban J connectivity index is 2.57. The normalized spacial score (nSPS) is 11.6. The van der Waals surface area contributed by atoms with E-state index in [0.717, 1.165) is 6.26 Å². The highest BCUT2D eigenvalue weighted by Gasteiger charge is 2.17. The van der Waals surface area contributed by atoms with E-state index in [1.165, 1.54) is 22.5 Å². The topological polar surface area (TPSA) is 66.5 Å². The number of nitrogens with one attached hydrogen (secondary N) is 1. The molecule has 0 aliphatic carbocycles. The minimum absolute atomic E-state index is 0.0125. The second-order valence-corrected chi connectivity index (χ2v) is 6.42. The van der Waals surface area contributed by atoms with E-state index in [1.54, 1.807) is 6.07 Å². The first-order chi connectivity index (χ1) is 9.34. The Morgan fingerprint density at radius 3 is 2.50 bits per heavy atom. The third kappa shape index (κ3) is 5.26. The SMILES string of the molecule is CCCN(CCC(=O)Nc1ccccc1F)S(C)(=O)=O. The minimum atomic E-state index is -3.32. The Bertz CT molecular complexity index is 560. The molecule has 5 nitrogen and oxygen atoms in total. The molecule has 0 heterocycles. The minimum Gasteiger partial charge on any atom is -0.324 e. The smallest absolute Gasteiger partial charge is 0.225 e. The van der Waals surface area contributed by atoms with Gasteiger partial charge in [0.25, 0.3) is 0 Å². The number of rotatable bonds is 7. The van der Waals surface area contributed by atoms with Gasteiger partial charge < -0.3 is 5.32 Å². The highest BCUT2D eigenvalue weighted by Crippen LogP contribution is 2.12. The van der Waals surface area contributed by atoms with Crippen LogP contribution in [-0.4, -0.2) is 38.0 Å². The molecule has 1 aromatic rings. The summed E-state index contributed by atoms with van der Waals surface area (Å²) >= 11 is 0. The lowest BCUT2D eigenvalue weighted by molar-refractivity contribution is -0.116. The lowest BCUT2D eigenvalue weighted by atomic mass is 10.3. The van der Waals surface area contributed by atoms with Crippen LogP contribution >= 0.6 is 0 Å². The van der Waals surface area contributed by atoms with E-state index in [9.17, 15) is 17.6 Å². The molecule has 1 aromatic carbocycles. The zero-order valence-corrected chi connectivity index (χ0v) is 12.4. The second-order valence-electron chi connectivity index (χ2n) is 4.44. The van der Waals surface area contributed by atoms with Crippen molar-refractivity contribution in [3.8, 4) is 0 Å². The van der Waals surface area contributed by atoms with Crippen molar-refractivity contribution in [2.24, 2.45) is 0 Å². The van der Waals surface area contributed by atoms with E-state index in [1.807, 2.05) is 6.92 Å². The summed E-state index contributed by atoms with van der Waals surface area (Å²) in [6.07, 6.45) is 1.76. The number of amides is 1. The van der Waals surface area contributed by atoms with Crippen molar-refractivity contribution >= 4 is 21.6 Å². The van der Waals surface area contributed by atoms with Gasteiger partial charge in [0.05, 0.1) is 11.9 Å². The number of carbonyl (C=O) groups excluding carboxylic acids is 1. The van der Waals surface area contributed by atoms with Crippen molar-refractivity contribution in [3.63, 3.8) is 0 Å². The number of halogens is 1. The highest BCUT2D eigenvalue weighted by molar-refractivity contribution is 7.88. The number of nitrogens with zero attached hydrogens (tertiary/aromatic N) is 1. The largest absolute Gasteiger partial charge is 0.324 e. The third-order valence-corrected chi connectivity index (χ3v) is 3.98. The average Bonchev–Trinajstić information content (AvgIpc) is 2.36. The predicted octanol–water partition coefficient (Wildman–Crippen LogP) is 1.83. The van der Waals surface area contributed by atoms with Crippen molar-refractivity contribution in [3.05, 3.63) is 30.1 Å². The molecule has 0 aromatic heterocycles. The number of anilines is 1. The van der Waals surface area contributed by atoms with Gasteiger partial charge in [-0.05, 0) is 18.6 Å². The lowest BCUT2D eigenvalue weighted by Gasteiger charge is -2.18. The molecule has 0 saturated heterocycles. The molecule has 112 valence electrons. The van der Waals surface area contributed by atoms with E-state index in [2.05, 4.69) is 5.32 Å². The monoisotopic (exact) mass is 302 g/mol. The van der Waals surface area contributed by atoms with Crippen LogP contribution in [0.15, 0.2) is 24.3 Å². The van der Waals surface area contributed by atoms with Gasteiger partial charge in [-0.25, -0.2) is 17.1 Å². The Morgan fingerprint density at radius 1 is 1.30 bits per heavy atom. The molecule has 0 aliphatic rings. The number of para-hydroxylation sites is 1. The van der Waals surface area contributed by atoms with Gasteiger partial charge in [-0.2, -0.15) is 0 Å². The molecule has 0 radical (unpaired) electrons. The zero-order valence-electron chi connectivity index (χ0n) is 11.6. The lowest BCUT2D eigenvalue weighted by Crippen LogP contribution is -2.33. The number of hydrogen-bond donors (Lipinski definition) is 1. The summed E-state index contributed by atoms with van der Waals surface area (Å²) in [6.45, 7) is 2.32. The fourth-order valence-corrected chi connectivity index (χ4v) is 2.63. The molecule has 0 unspecified atom stereocenters. The molecular weight excluding hydrogens is 283 g/mol. The maximum atomic E-state index is 13.3. The molecular formula is C13H19FN2O3S. The Hall–Kier alpha value is -1.47. The maximum Gasteiger partial charge on any atom is 0.225 e. The molecule has 0 saturated carbocycles. The molecule has 0 aliphatic heterocycles. The standard InChI is InChI=1S/C13H19FN2O3S/c1-3-9-16(20(2,18)19)10-8-13(17)15-12-7-5-4-6-11(12)14/h4-7H,3,8-10H2,1-2H3,(H,15,17). The van der Waals surface area contributed by atoms with E-state index in [0.29, 0.717) is 13.0 Å². The van der Waals surface area contributed by atoms with Gasteiger partial charge in [-0.3, -0.25) is 4.79 Å². The molecule has 0 fully saturated rings. The van der Waals surface area contributed by atoms with Gasteiger partial charge in [0.15, 0.2) is 0 Å². The first-order valence-electron chi connectivity index (χ1n) is 6.34. The molecule has 1 N–H and O–H groups in total. The molecule has 0 atom stereocenters. The van der Waals surface area contributed by atoms with Crippen molar-refractivity contribution in [2.75, 3.05) is 24.7 Å². The van der Waals surface area contributed by atoms with Gasteiger partial charge in [0.1, 0.15) is 5.82 Å². The number of carbonyl (C=O) groups is 1. The van der Waals surface area contributed by atoms with Crippen LogP contribution in [0.4, 0.5) is 10.1 Å². The number of sulfonamides is 1. The number of benzene rings is 1. The second kappa shape index (κ2) is 7.35. The van der Waals surface area contributed by atoms with Crippen LogP contribution in [0.25, 0.3) is 0 Å². The summed E-state index contributed by atoms with van der Waals surface area (Å²) in [5, 5.41) is 2.42. The van der Waals surface area contributed by atoms with Gasteiger partial charge in [-0.1, -0.05) is 19.1 Å². The molecule has 20 heavy (non-hydrogen) atoms. The van der Waals surface area contributed by atoms with Gasteiger partial charge in [0, 0.05) is 19.5 Å². The first kappa shape index (κ1) is 16.6. The average molecular weight is 302 g/mol. The van der Waals surface area contributed by atoms with Crippen LogP contribution in [0.1, 0.15) is 19.8 Å². The van der Waals surface area contributed by atoms with Crippen LogP contribution in [0.2, 0.25) is 0 Å². The predicted molar refractivity (Wildman–Crippen MR) is 76.4 cm³/mol. The van der Waals surface area contributed by atoms with Crippen molar-refractivity contribution in [1.29, 1.82) is 0 Å². The molecule has 1 amide bonds. The Kier molecular flexibility index (Phi) is 6.09.